The zero-order chi connectivity index (χ0) is 7.40. The number of rotatable bonds is 2. The third-order valence-corrected chi connectivity index (χ3v) is 1.56. The molecule has 0 aromatic carbocycles. The maximum atomic E-state index is 5.70. The Bertz CT molecular complexity index is 168. The van der Waals surface area contributed by atoms with Gasteiger partial charge in [-0.1, -0.05) is 12.2 Å². The van der Waals surface area contributed by atoms with Crippen LogP contribution in [0, 0.1) is 0 Å². The van der Waals surface area contributed by atoms with Crippen LogP contribution in [0.1, 0.15) is 19.8 Å². The highest BCUT2D eigenvalue weighted by atomic mass is 14.9. The Balaban J connectivity index is 2.56. The van der Waals surface area contributed by atoms with Crippen molar-refractivity contribution in [2.45, 2.75) is 19.8 Å². The molecule has 0 heterocycles. The van der Waals surface area contributed by atoms with E-state index in [0.29, 0.717) is 0 Å². The van der Waals surface area contributed by atoms with Gasteiger partial charge < -0.3 is 11.1 Å². The summed E-state index contributed by atoms with van der Waals surface area (Å²) in [4.78, 5) is 0. The quantitative estimate of drug-likeness (QED) is 0.600. The minimum absolute atomic E-state index is 0.896. The third kappa shape index (κ3) is 1.53. The first-order chi connectivity index (χ1) is 4.84. The van der Waals surface area contributed by atoms with Gasteiger partial charge >= 0.3 is 0 Å². The molecule has 0 radical (unpaired) electrons. The van der Waals surface area contributed by atoms with Crippen LogP contribution in [0.4, 0.5) is 0 Å². The van der Waals surface area contributed by atoms with Gasteiger partial charge in [0.1, 0.15) is 0 Å². The van der Waals surface area contributed by atoms with E-state index in [9.17, 15) is 0 Å². The van der Waals surface area contributed by atoms with E-state index in [0.717, 1.165) is 30.8 Å². The average molecular weight is 138 g/mol. The normalized spacial score (nSPS) is 17.7. The summed E-state index contributed by atoms with van der Waals surface area (Å²) in [5, 5.41) is 3.20. The molecule has 0 fully saturated rings. The van der Waals surface area contributed by atoms with Crippen LogP contribution >= 0.6 is 0 Å². The number of hydrogen-bond donors (Lipinski definition) is 2. The van der Waals surface area contributed by atoms with Crippen LogP contribution in [0.15, 0.2) is 23.5 Å². The molecule has 0 saturated carbocycles. The predicted octanol–water partition coefficient (Wildman–Crippen LogP) is 1.12. The molecular weight excluding hydrogens is 124 g/mol. The van der Waals surface area contributed by atoms with Gasteiger partial charge in [0.25, 0.3) is 0 Å². The Kier molecular flexibility index (Phi) is 2.37. The fraction of sp³-hybridized carbons (Fsp3) is 0.500. The van der Waals surface area contributed by atoms with E-state index in [-0.39, 0.29) is 0 Å². The van der Waals surface area contributed by atoms with Gasteiger partial charge in [-0.15, -0.1) is 0 Å². The summed E-state index contributed by atoms with van der Waals surface area (Å²) in [6.07, 6.45) is 6.42. The molecule has 0 aromatic heterocycles. The van der Waals surface area contributed by atoms with Crippen molar-refractivity contribution in [2.75, 3.05) is 6.54 Å². The van der Waals surface area contributed by atoms with Crippen molar-refractivity contribution in [3.63, 3.8) is 0 Å². The lowest BCUT2D eigenvalue weighted by atomic mass is 10.1. The van der Waals surface area contributed by atoms with Crippen LogP contribution < -0.4 is 11.1 Å². The zero-order valence-corrected chi connectivity index (χ0v) is 6.35. The molecule has 0 spiro atoms. The monoisotopic (exact) mass is 138 g/mol. The van der Waals surface area contributed by atoms with Gasteiger partial charge in [-0.05, 0) is 19.8 Å². The summed E-state index contributed by atoms with van der Waals surface area (Å²) < 4.78 is 0. The van der Waals surface area contributed by atoms with Gasteiger partial charge in [-0.3, -0.25) is 0 Å². The lowest BCUT2D eigenvalue weighted by Gasteiger charge is -2.12. The van der Waals surface area contributed by atoms with Crippen LogP contribution in [0.25, 0.3) is 0 Å². The molecule has 1 aliphatic rings. The second-order valence-corrected chi connectivity index (χ2v) is 2.38. The molecule has 0 atom stereocenters. The van der Waals surface area contributed by atoms with Crippen LogP contribution in [-0.2, 0) is 0 Å². The number of hydrogen-bond acceptors (Lipinski definition) is 2. The number of allylic oxidation sites excluding steroid dienone is 2. The summed E-state index contributed by atoms with van der Waals surface area (Å²) in [6.45, 7) is 3.02. The molecule has 2 nitrogen and oxygen atoms in total. The van der Waals surface area contributed by atoms with Gasteiger partial charge in [0.05, 0.1) is 11.4 Å². The van der Waals surface area contributed by atoms with E-state index >= 15 is 0 Å². The predicted molar refractivity (Wildman–Crippen MR) is 43.3 cm³/mol. The van der Waals surface area contributed by atoms with Crippen LogP contribution in [0.3, 0.4) is 0 Å². The van der Waals surface area contributed by atoms with Gasteiger partial charge in [0.2, 0.25) is 0 Å². The molecule has 0 unspecified atom stereocenters. The van der Waals surface area contributed by atoms with E-state index in [2.05, 4.69) is 24.4 Å². The molecule has 1 rings (SSSR count). The SMILES string of the molecule is CCNC1=CCCC=C1N. The second-order valence-electron chi connectivity index (χ2n) is 2.38. The van der Waals surface area contributed by atoms with E-state index in [1.165, 1.54) is 0 Å². The fourth-order valence-electron chi connectivity index (χ4n) is 1.06. The minimum Gasteiger partial charge on any atom is -0.397 e. The lowest BCUT2D eigenvalue weighted by Crippen LogP contribution is -2.19. The molecule has 56 valence electrons. The second kappa shape index (κ2) is 3.30. The Morgan fingerprint density at radius 1 is 1.50 bits per heavy atom. The molecule has 3 N–H and O–H groups in total. The van der Waals surface area contributed by atoms with Crippen molar-refractivity contribution >= 4 is 0 Å². The van der Waals surface area contributed by atoms with Crippen molar-refractivity contribution in [1.82, 2.24) is 5.32 Å². The molecule has 0 aliphatic heterocycles. The van der Waals surface area contributed by atoms with Crippen LogP contribution in [0.2, 0.25) is 0 Å². The number of likely N-dealkylation sites (N-methyl/N-ethyl adjacent to an activating group) is 1. The van der Waals surface area contributed by atoms with Gasteiger partial charge in [-0.2, -0.15) is 0 Å². The fourth-order valence-corrected chi connectivity index (χ4v) is 1.06. The molecular formula is C8H14N2. The first-order valence-electron chi connectivity index (χ1n) is 3.74. The maximum absolute atomic E-state index is 5.70. The van der Waals surface area contributed by atoms with E-state index in [1.54, 1.807) is 0 Å². The smallest absolute Gasteiger partial charge is 0.0530 e. The highest BCUT2D eigenvalue weighted by Crippen LogP contribution is 2.10. The number of nitrogens with two attached hydrogens (primary N) is 1. The molecule has 2 heteroatoms. The van der Waals surface area contributed by atoms with E-state index in [1.807, 2.05) is 0 Å². The summed E-state index contributed by atoms with van der Waals surface area (Å²) in [5.74, 6) is 0. The van der Waals surface area contributed by atoms with Crippen molar-refractivity contribution in [1.29, 1.82) is 0 Å². The first-order valence-corrected chi connectivity index (χ1v) is 3.74. The molecule has 1 aliphatic carbocycles. The molecule has 10 heavy (non-hydrogen) atoms. The lowest BCUT2D eigenvalue weighted by molar-refractivity contribution is 0.824. The van der Waals surface area contributed by atoms with E-state index in [4.69, 9.17) is 5.73 Å². The highest BCUT2D eigenvalue weighted by molar-refractivity contribution is 5.29. The van der Waals surface area contributed by atoms with Crippen molar-refractivity contribution < 1.29 is 0 Å². The van der Waals surface area contributed by atoms with Gasteiger partial charge in [0.15, 0.2) is 0 Å². The van der Waals surface area contributed by atoms with Crippen molar-refractivity contribution in [3.8, 4) is 0 Å². The Labute approximate surface area is 61.8 Å². The Hall–Kier alpha value is -0.920. The molecule has 0 amide bonds. The minimum atomic E-state index is 0.896. The van der Waals surface area contributed by atoms with Gasteiger partial charge in [-0.25, -0.2) is 0 Å². The molecule has 0 saturated heterocycles. The Morgan fingerprint density at radius 3 is 2.80 bits per heavy atom. The largest absolute Gasteiger partial charge is 0.397 e. The van der Waals surface area contributed by atoms with Crippen molar-refractivity contribution in [2.24, 2.45) is 5.73 Å². The van der Waals surface area contributed by atoms with Gasteiger partial charge in [0, 0.05) is 6.54 Å². The summed E-state index contributed by atoms with van der Waals surface area (Å²) >= 11 is 0. The van der Waals surface area contributed by atoms with E-state index < -0.39 is 0 Å². The standard InChI is InChI=1S/C8H14N2/c1-2-10-8-6-4-3-5-7(8)9/h5-6,10H,2-4,9H2,1H3. The van der Waals surface area contributed by atoms with Crippen molar-refractivity contribution in [3.05, 3.63) is 23.5 Å². The van der Waals surface area contributed by atoms with Crippen LogP contribution in [0.5, 0.6) is 0 Å². The maximum Gasteiger partial charge on any atom is 0.0530 e. The summed E-state index contributed by atoms with van der Waals surface area (Å²) in [7, 11) is 0. The number of nitrogens with one attached hydrogen (secondary N) is 1. The first kappa shape index (κ1) is 7.19. The zero-order valence-electron chi connectivity index (χ0n) is 6.35. The summed E-state index contributed by atoms with van der Waals surface area (Å²) in [5.41, 5.74) is 7.70. The Morgan fingerprint density at radius 2 is 2.20 bits per heavy atom. The average Bonchev–Trinajstić information content (AvgIpc) is 1.94. The molecule has 0 bridgehead atoms. The topological polar surface area (TPSA) is 38.0 Å². The third-order valence-electron chi connectivity index (χ3n) is 1.56. The summed E-state index contributed by atoms with van der Waals surface area (Å²) in [6, 6.07) is 0. The van der Waals surface area contributed by atoms with Crippen LogP contribution in [-0.4, -0.2) is 6.54 Å². The highest BCUT2D eigenvalue weighted by Gasteiger charge is 2.01. The molecule has 0 aromatic rings.